The fourth-order valence-electron chi connectivity index (χ4n) is 2.60. The third-order valence-electron chi connectivity index (χ3n) is 3.96. The van der Waals surface area contributed by atoms with Gasteiger partial charge in [-0.1, -0.05) is 32.9 Å². The molecule has 0 aliphatic rings. The van der Waals surface area contributed by atoms with Gasteiger partial charge in [-0.3, -0.25) is 0 Å². The highest BCUT2D eigenvalue weighted by Gasteiger charge is 2.19. The fraction of sp³-hybridized carbons (Fsp3) is 0.647. The Labute approximate surface area is 119 Å². The predicted octanol–water partition coefficient (Wildman–Crippen LogP) is 3.77. The summed E-state index contributed by atoms with van der Waals surface area (Å²) in [6.07, 6.45) is 1.02. The normalized spacial score (nSPS) is 13.5. The molecule has 2 nitrogen and oxygen atoms in total. The van der Waals surface area contributed by atoms with Gasteiger partial charge in [-0.15, -0.1) is 0 Å². The Hall–Kier alpha value is -1.02. The molecule has 0 aliphatic carbocycles. The van der Waals surface area contributed by atoms with Crippen LogP contribution in [0.15, 0.2) is 12.1 Å². The third kappa shape index (κ3) is 3.73. The van der Waals surface area contributed by atoms with Crippen molar-refractivity contribution in [1.82, 2.24) is 0 Å². The molecular formula is C17H30N2. The number of anilines is 1. The zero-order chi connectivity index (χ0) is 14.8. The molecule has 1 rings (SSSR count). The van der Waals surface area contributed by atoms with E-state index < -0.39 is 0 Å². The number of nitrogens with two attached hydrogens (primary N) is 1. The largest absolute Gasteiger partial charge is 0.371 e. The highest BCUT2D eigenvalue weighted by Crippen LogP contribution is 2.32. The van der Waals surface area contributed by atoms with Crippen molar-refractivity contribution >= 4 is 5.69 Å². The van der Waals surface area contributed by atoms with E-state index in [9.17, 15) is 0 Å². The SMILES string of the molecule is Cc1cc(C(C)(C)C)cc(C)c1N(C)C(C)CCN. The van der Waals surface area contributed by atoms with E-state index in [4.69, 9.17) is 5.73 Å². The first-order chi connectivity index (χ1) is 8.68. The minimum Gasteiger partial charge on any atom is -0.371 e. The van der Waals surface area contributed by atoms with Crippen LogP contribution in [0.5, 0.6) is 0 Å². The van der Waals surface area contributed by atoms with E-state index in [2.05, 4.69) is 65.6 Å². The molecule has 1 aromatic carbocycles. The highest BCUT2D eigenvalue weighted by atomic mass is 15.1. The number of hydrogen-bond donors (Lipinski definition) is 1. The van der Waals surface area contributed by atoms with Gasteiger partial charge in [-0.05, 0) is 55.8 Å². The first-order valence-electron chi connectivity index (χ1n) is 7.23. The first kappa shape index (κ1) is 16.0. The van der Waals surface area contributed by atoms with Crippen LogP contribution in [-0.2, 0) is 5.41 Å². The molecule has 108 valence electrons. The molecule has 2 heteroatoms. The van der Waals surface area contributed by atoms with E-state index >= 15 is 0 Å². The van der Waals surface area contributed by atoms with Crippen molar-refractivity contribution in [3.8, 4) is 0 Å². The molecule has 1 atom stereocenters. The molecule has 0 saturated heterocycles. The monoisotopic (exact) mass is 262 g/mol. The van der Waals surface area contributed by atoms with Crippen molar-refractivity contribution in [1.29, 1.82) is 0 Å². The molecule has 2 N–H and O–H groups in total. The molecule has 1 aromatic rings. The van der Waals surface area contributed by atoms with Crippen LogP contribution in [0.4, 0.5) is 5.69 Å². The van der Waals surface area contributed by atoms with Crippen molar-refractivity contribution in [2.75, 3.05) is 18.5 Å². The Kier molecular flexibility index (Phi) is 5.03. The summed E-state index contributed by atoms with van der Waals surface area (Å²) in [5, 5.41) is 0. The van der Waals surface area contributed by atoms with Crippen LogP contribution in [0.2, 0.25) is 0 Å². The van der Waals surface area contributed by atoms with E-state index in [1.165, 1.54) is 22.4 Å². The molecule has 19 heavy (non-hydrogen) atoms. The Morgan fingerprint density at radius 2 is 1.63 bits per heavy atom. The lowest BCUT2D eigenvalue weighted by Crippen LogP contribution is -2.32. The Bertz CT molecular complexity index is 406. The molecule has 1 unspecified atom stereocenters. The molecule has 0 bridgehead atoms. The summed E-state index contributed by atoms with van der Waals surface area (Å²) >= 11 is 0. The maximum atomic E-state index is 5.68. The van der Waals surface area contributed by atoms with Crippen LogP contribution in [0.25, 0.3) is 0 Å². The van der Waals surface area contributed by atoms with Crippen molar-refractivity contribution in [3.63, 3.8) is 0 Å². The summed E-state index contributed by atoms with van der Waals surface area (Å²) in [6.45, 7) is 14.2. The van der Waals surface area contributed by atoms with E-state index in [0.29, 0.717) is 6.04 Å². The molecule has 0 aromatic heterocycles. The van der Waals surface area contributed by atoms with Gasteiger partial charge in [0, 0.05) is 18.8 Å². The van der Waals surface area contributed by atoms with Crippen molar-refractivity contribution in [2.24, 2.45) is 5.73 Å². The number of aryl methyl sites for hydroxylation is 2. The molecule has 0 saturated carbocycles. The Morgan fingerprint density at radius 1 is 1.16 bits per heavy atom. The summed E-state index contributed by atoms with van der Waals surface area (Å²) in [5.41, 5.74) is 11.4. The van der Waals surface area contributed by atoms with Gasteiger partial charge >= 0.3 is 0 Å². The van der Waals surface area contributed by atoms with Gasteiger partial charge in [0.1, 0.15) is 0 Å². The van der Waals surface area contributed by atoms with Gasteiger partial charge in [0.05, 0.1) is 0 Å². The van der Waals surface area contributed by atoms with Crippen LogP contribution >= 0.6 is 0 Å². The van der Waals surface area contributed by atoms with Crippen molar-refractivity contribution in [2.45, 2.75) is 59.4 Å². The van der Waals surface area contributed by atoms with E-state index in [1.807, 2.05) is 0 Å². The summed E-state index contributed by atoms with van der Waals surface area (Å²) in [6, 6.07) is 5.13. The number of hydrogen-bond acceptors (Lipinski definition) is 2. The second kappa shape index (κ2) is 5.96. The fourth-order valence-corrected chi connectivity index (χ4v) is 2.60. The summed E-state index contributed by atoms with van der Waals surface area (Å²) in [7, 11) is 2.17. The number of benzene rings is 1. The van der Waals surface area contributed by atoms with Crippen LogP contribution < -0.4 is 10.6 Å². The highest BCUT2D eigenvalue weighted by molar-refractivity contribution is 5.61. The molecule has 0 fully saturated rings. The Morgan fingerprint density at radius 3 is 2.00 bits per heavy atom. The summed E-state index contributed by atoms with van der Waals surface area (Å²) in [5.74, 6) is 0. The second-order valence-electron chi connectivity index (χ2n) is 6.75. The molecule has 0 heterocycles. The second-order valence-corrected chi connectivity index (χ2v) is 6.75. The van der Waals surface area contributed by atoms with E-state index in [1.54, 1.807) is 0 Å². The minimum absolute atomic E-state index is 0.204. The van der Waals surface area contributed by atoms with Crippen LogP contribution in [0.3, 0.4) is 0 Å². The van der Waals surface area contributed by atoms with Crippen LogP contribution in [0.1, 0.15) is 50.8 Å². The van der Waals surface area contributed by atoms with Gasteiger partial charge in [0.2, 0.25) is 0 Å². The van der Waals surface area contributed by atoms with Gasteiger partial charge in [0.15, 0.2) is 0 Å². The zero-order valence-electron chi connectivity index (χ0n) is 13.7. The van der Waals surface area contributed by atoms with Gasteiger partial charge < -0.3 is 10.6 Å². The van der Waals surface area contributed by atoms with Gasteiger partial charge in [-0.2, -0.15) is 0 Å². The molecule has 0 amide bonds. The standard InChI is InChI=1S/C17H30N2/c1-12-10-15(17(4,5)6)11-13(2)16(12)19(7)14(3)8-9-18/h10-11,14H,8-9,18H2,1-7H3. The third-order valence-corrected chi connectivity index (χ3v) is 3.96. The van der Waals surface area contributed by atoms with E-state index in [0.717, 1.165) is 13.0 Å². The lowest BCUT2D eigenvalue weighted by atomic mass is 9.84. The van der Waals surface area contributed by atoms with Crippen LogP contribution in [-0.4, -0.2) is 19.6 Å². The lowest BCUT2D eigenvalue weighted by molar-refractivity contribution is 0.588. The molecule has 0 radical (unpaired) electrons. The van der Waals surface area contributed by atoms with Crippen molar-refractivity contribution in [3.05, 3.63) is 28.8 Å². The smallest absolute Gasteiger partial charge is 0.0425 e. The molecule has 0 spiro atoms. The van der Waals surface area contributed by atoms with Gasteiger partial charge in [-0.25, -0.2) is 0 Å². The predicted molar refractivity (Wildman–Crippen MR) is 86.2 cm³/mol. The van der Waals surface area contributed by atoms with E-state index in [-0.39, 0.29) is 5.41 Å². The maximum Gasteiger partial charge on any atom is 0.0425 e. The average Bonchev–Trinajstić information content (AvgIpc) is 2.26. The maximum absolute atomic E-state index is 5.68. The summed E-state index contributed by atoms with van der Waals surface area (Å²) < 4.78 is 0. The van der Waals surface area contributed by atoms with Gasteiger partial charge in [0.25, 0.3) is 0 Å². The van der Waals surface area contributed by atoms with Crippen molar-refractivity contribution < 1.29 is 0 Å². The quantitative estimate of drug-likeness (QED) is 0.895. The number of nitrogens with zero attached hydrogens (tertiary/aromatic N) is 1. The lowest BCUT2D eigenvalue weighted by Gasteiger charge is -2.31. The average molecular weight is 262 g/mol. The topological polar surface area (TPSA) is 29.3 Å². The number of rotatable bonds is 4. The molecular weight excluding hydrogens is 232 g/mol. The molecule has 0 aliphatic heterocycles. The summed E-state index contributed by atoms with van der Waals surface area (Å²) in [4.78, 5) is 2.37. The first-order valence-corrected chi connectivity index (χ1v) is 7.23. The Balaban J connectivity index is 3.17. The zero-order valence-corrected chi connectivity index (χ0v) is 13.7. The van der Waals surface area contributed by atoms with Crippen LogP contribution in [0, 0.1) is 13.8 Å². The minimum atomic E-state index is 0.204.